The van der Waals surface area contributed by atoms with Crippen LogP contribution in [0.5, 0.6) is 0 Å². The summed E-state index contributed by atoms with van der Waals surface area (Å²) in [4.78, 5) is 33.0. The highest BCUT2D eigenvalue weighted by atomic mass is 32.1. The van der Waals surface area contributed by atoms with Crippen LogP contribution in [0.2, 0.25) is 0 Å². The highest BCUT2D eigenvalue weighted by Crippen LogP contribution is 2.33. The summed E-state index contributed by atoms with van der Waals surface area (Å²) in [6, 6.07) is 0.221. The summed E-state index contributed by atoms with van der Waals surface area (Å²) in [7, 11) is 0. The van der Waals surface area contributed by atoms with Crippen molar-refractivity contribution in [1.29, 1.82) is 0 Å². The molecule has 1 aromatic heterocycles. The first-order valence-electron chi connectivity index (χ1n) is 11.5. The van der Waals surface area contributed by atoms with E-state index >= 15 is 0 Å². The van der Waals surface area contributed by atoms with Crippen LogP contribution in [-0.2, 0) is 22.4 Å². The summed E-state index contributed by atoms with van der Waals surface area (Å²) < 4.78 is 5.13. The average Bonchev–Trinajstić information content (AvgIpc) is 3.05. The van der Waals surface area contributed by atoms with Crippen molar-refractivity contribution in [2.75, 3.05) is 32.8 Å². The Morgan fingerprint density at radius 1 is 1.13 bits per heavy atom. The summed E-state index contributed by atoms with van der Waals surface area (Å²) in [5.41, 5.74) is 1.29. The van der Waals surface area contributed by atoms with E-state index < -0.39 is 0 Å². The number of nitrogens with zero attached hydrogens (tertiary/aromatic N) is 2. The van der Waals surface area contributed by atoms with E-state index in [0.717, 1.165) is 77.5 Å². The van der Waals surface area contributed by atoms with E-state index in [-0.39, 0.29) is 24.0 Å². The van der Waals surface area contributed by atoms with Crippen molar-refractivity contribution in [3.63, 3.8) is 0 Å². The zero-order chi connectivity index (χ0) is 20.9. The standard InChI is InChI=1S/C22H34N4O3S/c1-2-29-21(27)16-3-5-17(6-4-16)24-22(28)26-13-9-15(10-14-26)20-25-18-7-11-23-12-8-19(18)30-20/h15-17,23H,2-14H2,1H3,(H,24,28)/t16-,17-. The van der Waals surface area contributed by atoms with E-state index in [0.29, 0.717) is 12.5 Å². The van der Waals surface area contributed by atoms with Gasteiger partial charge in [0.1, 0.15) is 0 Å². The maximum absolute atomic E-state index is 12.7. The third kappa shape index (κ3) is 5.14. The molecule has 3 heterocycles. The van der Waals surface area contributed by atoms with Gasteiger partial charge >= 0.3 is 12.0 Å². The number of hydrogen-bond acceptors (Lipinski definition) is 6. The van der Waals surface area contributed by atoms with Gasteiger partial charge < -0.3 is 20.3 Å². The van der Waals surface area contributed by atoms with Gasteiger partial charge in [-0.3, -0.25) is 4.79 Å². The van der Waals surface area contributed by atoms with Crippen LogP contribution in [-0.4, -0.2) is 60.7 Å². The molecule has 3 aliphatic rings. The second-order valence-corrected chi connectivity index (χ2v) is 9.80. The number of hydrogen-bond donors (Lipinski definition) is 2. The van der Waals surface area contributed by atoms with Gasteiger partial charge in [0, 0.05) is 49.4 Å². The number of rotatable bonds is 4. The number of aromatic nitrogens is 1. The summed E-state index contributed by atoms with van der Waals surface area (Å²) in [6.07, 6.45) is 7.42. The van der Waals surface area contributed by atoms with Crippen LogP contribution in [0.4, 0.5) is 4.79 Å². The van der Waals surface area contributed by atoms with Gasteiger partial charge in [0.05, 0.1) is 23.2 Å². The fourth-order valence-corrected chi connectivity index (χ4v) is 6.11. The highest BCUT2D eigenvalue weighted by Gasteiger charge is 2.31. The number of nitrogens with one attached hydrogen (secondary N) is 2. The van der Waals surface area contributed by atoms with Crippen molar-refractivity contribution in [2.45, 2.75) is 70.3 Å². The van der Waals surface area contributed by atoms with Gasteiger partial charge in [0.2, 0.25) is 0 Å². The van der Waals surface area contributed by atoms with E-state index in [2.05, 4.69) is 10.6 Å². The minimum atomic E-state index is -0.0832. The molecule has 8 heteroatoms. The zero-order valence-electron chi connectivity index (χ0n) is 18.0. The molecule has 0 radical (unpaired) electrons. The monoisotopic (exact) mass is 434 g/mol. The largest absolute Gasteiger partial charge is 0.466 e. The lowest BCUT2D eigenvalue weighted by Gasteiger charge is -2.34. The highest BCUT2D eigenvalue weighted by molar-refractivity contribution is 7.11. The Balaban J connectivity index is 1.22. The fourth-order valence-electron chi connectivity index (χ4n) is 4.83. The number of carbonyl (C=O) groups excluding carboxylic acids is 2. The predicted octanol–water partition coefficient (Wildman–Crippen LogP) is 2.84. The van der Waals surface area contributed by atoms with Crippen molar-refractivity contribution in [3.8, 4) is 0 Å². The number of likely N-dealkylation sites (tertiary alicyclic amines) is 1. The molecular formula is C22H34N4O3S. The first kappa shape index (κ1) is 21.6. The lowest BCUT2D eigenvalue weighted by Crippen LogP contribution is -2.48. The number of fused-ring (bicyclic) bond motifs is 1. The van der Waals surface area contributed by atoms with Crippen molar-refractivity contribution in [2.24, 2.45) is 5.92 Å². The molecule has 1 aliphatic carbocycles. The predicted molar refractivity (Wildman–Crippen MR) is 117 cm³/mol. The Morgan fingerprint density at radius 2 is 1.87 bits per heavy atom. The first-order valence-corrected chi connectivity index (χ1v) is 12.4. The fraction of sp³-hybridized carbons (Fsp3) is 0.773. The second-order valence-electron chi connectivity index (χ2n) is 8.68. The third-order valence-corrected chi connectivity index (χ3v) is 7.99. The third-order valence-electron chi connectivity index (χ3n) is 6.67. The van der Waals surface area contributed by atoms with Gasteiger partial charge in [-0.15, -0.1) is 11.3 Å². The van der Waals surface area contributed by atoms with Gasteiger partial charge in [0.25, 0.3) is 0 Å². The molecule has 30 heavy (non-hydrogen) atoms. The molecule has 0 atom stereocenters. The molecule has 1 aromatic rings. The molecule has 2 amide bonds. The summed E-state index contributed by atoms with van der Waals surface area (Å²) in [6.45, 7) is 5.94. The smallest absolute Gasteiger partial charge is 0.317 e. The molecule has 4 rings (SSSR count). The van der Waals surface area contributed by atoms with E-state index in [1.165, 1.54) is 15.6 Å². The molecule has 1 saturated carbocycles. The maximum Gasteiger partial charge on any atom is 0.317 e. The van der Waals surface area contributed by atoms with Crippen LogP contribution < -0.4 is 10.6 Å². The van der Waals surface area contributed by atoms with Crippen LogP contribution in [0, 0.1) is 5.92 Å². The minimum Gasteiger partial charge on any atom is -0.466 e. The normalized spacial score (nSPS) is 25.3. The summed E-state index contributed by atoms with van der Waals surface area (Å²) >= 11 is 1.89. The lowest BCUT2D eigenvalue weighted by atomic mass is 9.86. The number of amides is 2. The van der Waals surface area contributed by atoms with Crippen LogP contribution in [0.15, 0.2) is 0 Å². The van der Waals surface area contributed by atoms with E-state index in [1.54, 1.807) is 0 Å². The SMILES string of the molecule is CCOC(=O)[C@H]1CC[C@H](NC(=O)N2CCC(c3nc4c(s3)CCNCC4)CC2)CC1. The Bertz CT molecular complexity index is 713. The Hall–Kier alpha value is -1.67. The average molecular weight is 435 g/mol. The van der Waals surface area contributed by atoms with Gasteiger partial charge in [0.15, 0.2) is 0 Å². The molecule has 2 N–H and O–H groups in total. The minimum absolute atomic E-state index is 0.00181. The molecular weight excluding hydrogens is 400 g/mol. The van der Waals surface area contributed by atoms with Crippen LogP contribution in [0.25, 0.3) is 0 Å². The van der Waals surface area contributed by atoms with Crippen LogP contribution in [0.1, 0.15) is 66.9 Å². The molecule has 7 nitrogen and oxygen atoms in total. The van der Waals surface area contributed by atoms with Crippen molar-refractivity contribution < 1.29 is 14.3 Å². The van der Waals surface area contributed by atoms with Gasteiger partial charge in [-0.25, -0.2) is 9.78 Å². The molecule has 2 fully saturated rings. The van der Waals surface area contributed by atoms with Crippen LogP contribution >= 0.6 is 11.3 Å². The topological polar surface area (TPSA) is 83.6 Å². The molecule has 0 bridgehead atoms. The Labute approximate surface area is 183 Å². The number of urea groups is 1. The molecule has 0 spiro atoms. The Kier molecular flexibility index (Phi) is 7.25. The number of carbonyl (C=O) groups is 2. The van der Waals surface area contributed by atoms with E-state index in [4.69, 9.17) is 9.72 Å². The molecule has 1 saturated heterocycles. The molecule has 2 aliphatic heterocycles. The Morgan fingerprint density at radius 3 is 2.60 bits per heavy atom. The number of esters is 1. The number of ether oxygens (including phenoxy) is 1. The van der Waals surface area contributed by atoms with E-state index in [9.17, 15) is 9.59 Å². The van der Waals surface area contributed by atoms with Crippen LogP contribution in [0.3, 0.4) is 0 Å². The molecule has 0 aromatic carbocycles. The molecule has 0 unspecified atom stereocenters. The summed E-state index contributed by atoms with van der Waals surface area (Å²) in [5, 5.41) is 7.91. The lowest BCUT2D eigenvalue weighted by molar-refractivity contribution is -0.149. The van der Waals surface area contributed by atoms with Gasteiger partial charge in [-0.2, -0.15) is 0 Å². The quantitative estimate of drug-likeness (QED) is 0.712. The maximum atomic E-state index is 12.7. The van der Waals surface area contributed by atoms with Gasteiger partial charge in [-0.05, 0) is 51.9 Å². The first-order chi connectivity index (χ1) is 14.6. The second kappa shape index (κ2) is 10.1. The van der Waals surface area contributed by atoms with Gasteiger partial charge in [-0.1, -0.05) is 0 Å². The number of thiazole rings is 1. The zero-order valence-corrected chi connectivity index (χ0v) is 18.8. The number of piperidine rings is 1. The summed E-state index contributed by atoms with van der Waals surface area (Å²) in [5.74, 6) is 0.400. The van der Waals surface area contributed by atoms with Crippen molar-refractivity contribution in [1.82, 2.24) is 20.5 Å². The molecule has 166 valence electrons. The van der Waals surface area contributed by atoms with Crippen molar-refractivity contribution in [3.05, 3.63) is 15.6 Å². The van der Waals surface area contributed by atoms with E-state index in [1.807, 2.05) is 23.2 Å². The van der Waals surface area contributed by atoms with Crippen molar-refractivity contribution >= 4 is 23.3 Å².